The number of hydrogen-bond donors (Lipinski definition) is 2. The van der Waals surface area contributed by atoms with Crippen molar-refractivity contribution in [1.82, 2.24) is 5.32 Å². The summed E-state index contributed by atoms with van der Waals surface area (Å²) in [5.74, 6) is 0. The highest BCUT2D eigenvalue weighted by molar-refractivity contribution is 5.37. The SMILES string of the molecule is Cc1cc(C(F)(F)F)ccc1C1(O)CCNC1. The second-order valence-corrected chi connectivity index (χ2v) is 4.49. The fourth-order valence-electron chi connectivity index (χ4n) is 2.27. The molecule has 1 aromatic carbocycles. The Morgan fingerprint density at radius 2 is 2.06 bits per heavy atom. The summed E-state index contributed by atoms with van der Waals surface area (Å²) in [5.41, 5.74) is -0.649. The van der Waals surface area contributed by atoms with Crippen molar-refractivity contribution in [1.29, 1.82) is 0 Å². The molecule has 1 unspecified atom stereocenters. The number of benzene rings is 1. The highest BCUT2D eigenvalue weighted by Gasteiger charge is 2.36. The summed E-state index contributed by atoms with van der Waals surface area (Å²) < 4.78 is 37.5. The van der Waals surface area contributed by atoms with E-state index in [1.54, 1.807) is 6.92 Å². The number of aryl methyl sites for hydroxylation is 1. The zero-order chi connectivity index (χ0) is 12.7. The van der Waals surface area contributed by atoms with Gasteiger partial charge < -0.3 is 10.4 Å². The molecule has 17 heavy (non-hydrogen) atoms. The Hall–Kier alpha value is -1.07. The lowest BCUT2D eigenvalue weighted by atomic mass is 9.88. The Balaban J connectivity index is 2.38. The number of aliphatic hydroxyl groups is 1. The highest BCUT2D eigenvalue weighted by atomic mass is 19.4. The molecule has 0 aliphatic carbocycles. The quantitative estimate of drug-likeness (QED) is 0.795. The Labute approximate surface area is 97.5 Å². The van der Waals surface area contributed by atoms with E-state index in [9.17, 15) is 18.3 Å². The Kier molecular flexibility index (Phi) is 2.91. The van der Waals surface area contributed by atoms with Crippen LogP contribution in [0.25, 0.3) is 0 Å². The lowest BCUT2D eigenvalue weighted by molar-refractivity contribution is -0.137. The largest absolute Gasteiger partial charge is 0.416 e. The van der Waals surface area contributed by atoms with Crippen LogP contribution in [0.1, 0.15) is 23.1 Å². The van der Waals surface area contributed by atoms with Crippen molar-refractivity contribution in [2.45, 2.75) is 25.1 Å². The first-order valence-corrected chi connectivity index (χ1v) is 5.44. The molecule has 1 heterocycles. The summed E-state index contributed by atoms with van der Waals surface area (Å²) in [5, 5.41) is 13.3. The molecule has 1 aliphatic rings. The van der Waals surface area contributed by atoms with E-state index in [1.165, 1.54) is 6.07 Å². The van der Waals surface area contributed by atoms with Crippen LogP contribution in [0, 0.1) is 6.92 Å². The topological polar surface area (TPSA) is 32.3 Å². The predicted molar refractivity (Wildman–Crippen MR) is 57.6 cm³/mol. The molecular weight excluding hydrogens is 231 g/mol. The number of alkyl halides is 3. The summed E-state index contributed by atoms with van der Waals surface area (Å²) in [6, 6.07) is 3.50. The Morgan fingerprint density at radius 1 is 1.35 bits per heavy atom. The van der Waals surface area contributed by atoms with Crippen molar-refractivity contribution < 1.29 is 18.3 Å². The van der Waals surface area contributed by atoms with Crippen LogP contribution in [0.4, 0.5) is 13.2 Å². The summed E-state index contributed by atoms with van der Waals surface area (Å²) in [6.45, 7) is 2.66. The minimum atomic E-state index is -4.33. The van der Waals surface area contributed by atoms with E-state index < -0.39 is 17.3 Å². The molecule has 0 amide bonds. The molecule has 2 rings (SSSR count). The van der Waals surface area contributed by atoms with Gasteiger partial charge in [0, 0.05) is 6.54 Å². The van der Waals surface area contributed by atoms with Gasteiger partial charge in [-0.15, -0.1) is 0 Å². The first-order chi connectivity index (χ1) is 7.83. The van der Waals surface area contributed by atoms with Crippen LogP contribution in [0.15, 0.2) is 18.2 Å². The van der Waals surface area contributed by atoms with Crippen LogP contribution in [0.2, 0.25) is 0 Å². The second kappa shape index (κ2) is 3.99. The fourth-order valence-corrected chi connectivity index (χ4v) is 2.27. The molecule has 1 saturated heterocycles. The van der Waals surface area contributed by atoms with Crippen LogP contribution >= 0.6 is 0 Å². The smallest absolute Gasteiger partial charge is 0.384 e. The summed E-state index contributed by atoms with van der Waals surface area (Å²) in [4.78, 5) is 0. The minimum absolute atomic E-state index is 0.388. The third-order valence-electron chi connectivity index (χ3n) is 3.19. The summed E-state index contributed by atoms with van der Waals surface area (Å²) >= 11 is 0. The van der Waals surface area contributed by atoms with Gasteiger partial charge in [0.25, 0.3) is 0 Å². The fraction of sp³-hybridized carbons (Fsp3) is 0.500. The molecule has 5 heteroatoms. The van der Waals surface area contributed by atoms with E-state index in [0.29, 0.717) is 30.6 Å². The second-order valence-electron chi connectivity index (χ2n) is 4.49. The molecule has 0 radical (unpaired) electrons. The first-order valence-electron chi connectivity index (χ1n) is 5.44. The van der Waals surface area contributed by atoms with Crippen molar-refractivity contribution in [2.24, 2.45) is 0 Å². The summed E-state index contributed by atoms with van der Waals surface area (Å²) in [6.07, 6.45) is -3.81. The average molecular weight is 245 g/mol. The molecule has 1 aliphatic heterocycles. The maximum absolute atomic E-state index is 12.5. The van der Waals surface area contributed by atoms with Crippen molar-refractivity contribution in [3.8, 4) is 0 Å². The molecule has 1 atom stereocenters. The molecular formula is C12H14F3NO. The standard InChI is InChI=1S/C12H14F3NO/c1-8-6-9(12(13,14)15)2-3-10(8)11(17)4-5-16-7-11/h2-3,6,16-17H,4-5,7H2,1H3. The van der Waals surface area contributed by atoms with E-state index in [0.717, 1.165) is 12.1 Å². The monoisotopic (exact) mass is 245 g/mol. The number of halogens is 3. The average Bonchev–Trinajstić information content (AvgIpc) is 2.64. The Bertz CT molecular complexity index is 422. The van der Waals surface area contributed by atoms with Crippen molar-refractivity contribution >= 4 is 0 Å². The van der Waals surface area contributed by atoms with E-state index >= 15 is 0 Å². The predicted octanol–water partition coefficient (Wildman–Crippen LogP) is 2.19. The third kappa shape index (κ3) is 2.30. The third-order valence-corrected chi connectivity index (χ3v) is 3.19. The molecule has 1 fully saturated rings. The van der Waals surface area contributed by atoms with Crippen LogP contribution in [-0.4, -0.2) is 18.2 Å². The van der Waals surface area contributed by atoms with Crippen LogP contribution in [0.3, 0.4) is 0 Å². The van der Waals surface area contributed by atoms with Gasteiger partial charge in [0.1, 0.15) is 5.60 Å². The van der Waals surface area contributed by atoms with Gasteiger partial charge in [0.05, 0.1) is 5.56 Å². The Morgan fingerprint density at radius 3 is 2.53 bits per heavy atom. The number of nitrogens with one attached hydrogen (secondary N) is 1. The van der Waals surface area contributed by atoms with Crippen LogP contribution in [-0.2, 0) is 11.8 Å². The molecule has 94 valence electrons. The van der Waals surface area contributed by atoms with Crippen molar-refractivity contribution in [2.75, 3.05) is 13.1 Å². The molecule has 0 bridgehead atoms. The van der Waals surface area contributed by atoms with E-state index in [2.05, 4.69) is 5.32 Å². The van der Waals surface area contributed by atoms with Crippen LogP contribution in [0.5, 0.6) is 0 Å². The molecule has 0 spiro atoms. The van der Waals surface area contributed by atoms with Gasteiger partial charge in [-0.05, 0) is 43.1 Å². The zero-order valence-electron chi connectivity index (χ0n) is 9.43. The van der Waals surface area contributed by atoms with Gasteiger partial charge in [-0.3, -0.25) is 0 Å². The highest BCUT2D eigenvalue weighted by Crippen LogP contribution is 2.35. The van der Waals surface area contributed by atoms with Gasteiger partial charge >= 0.3 is 6.18 Å². The van der Waals surface area contributed by atoms with Gasteiger partial charge in [0.15, 0.2) is 0 Å². The molecule has 0 saturated carbocycles. The van der Waals surface area contributed by atoms with Gasteiger partial charge in [-0.1, -0.05) is 6.07 Å². The normalized spacial score (nSPS) is 25.2. The summed E-state index contributed by atoms with van der Waals surface area (Å²) in [7, 11) is 0. The molecule has 0 aromatic heterocycles. The lowest BCUT2D eigenvalue weighted by Crippen LogP contribution is -2.29. The van der Waals surface area contributed by atoms with Gasteiger partial charge in [-0.25, -0.2) is 0 Å². The van der Waals surface area contributed by atoms with Gasteiger partial charge in [-0.2, -0.15) is 13.2 Å². The van der Waals surface area contributed by atoms with Crippen molar-refractivity contribution in [3.63, 3.8) is 0 Å². The number of β-amino-alcohol motifs (C(OH)–C–C–N with tert-alkyl or cyclic N) is 1. The first kappa shape index (κ1) is 12.4. The molecule has 1 aromatic rings. The zero-order valence-corrected chi connectivity index (χ0v) is 9.43. The van der Waals surface area contributed by atoms with Crippen molar-refractivity contribution in [3.05, 3.63) is 34.9 Å². The minimum Gasteiger partial charge on any atom is -0.384 e. The van der Waals surface area contributed by atoms with E-state index in [-0.39, 0.29) is 0 Å². The van der Waals surface area contributed by atoms with Crippen LogP contribution < -0.4 is 5.32 Å². The maximum Gasteiger partial charge on any atom is 0.416 e. The maximum atomic E-state index is 12.5. The van der Waals surface area contributed by atoms with E-state index in [4.69, 9.17) is 0 Å². The molecule has 2 N–H and O–H groups in total. The van der Waals surface area contributed by atoms with Gasteiger partial charge in [0.2, 0.25) is 0 Å². The lowest BCUT2D eigenvalue weighted by Gasteiger charge is -2.24. The number of rotatable bonds is 1. The molecule has 2 nitrogen and oxygen atoms in total. The number of hydrogen-bond acceptors (Lipinski definition) is 2. The van der Waals surface area contributed by atoms with E-state index in [1.807, 2.05) is 0 Å².